The van der Waals surface area contributed by atoms with Crippen molar-refractivity contribution in [1.29, 1.82) is 0 Å². The monoisotopic (exact) mass is 1230 g/mol. The van der Waals surface area contributed by atoms with Gasteiger partial charge in [-0.3, -0.25) is 10.6 Å². The molecule has 3 fully saturated rings. The molecule has 32 heteroatoms. The second-order valence-corrected chi connectivity index (χ2v) is 23.3. The van der Waals surface area contributed by atoms with Gasteiger partial charge in [-0.15, -0.1) is 6.58 Å². The van der Waals surface area contributed by atoms with Crippen LogP contribution in [0, 0.1) is 29.4 Å². The molecule has 16 nitrogen and oxygen atoms in total. The zero-order chi connectivity index (χ0) is 61.6. The molecule has 0 saturated carbocycles. The molecule has 2 aromatic rings. The Balaban J connectivity index is 0.000000221. The number of aliphatic imine (C=N–C) groups is 2. The molecule has 1 unspecified atom stereocenters. The van der Waals surface area contributed by atoms with E-state index in [4.69, 9.17) is 40.4 Å². The smallest absolute Gasteiger partial charge is 0.414 e. The van der Waals surface area contributed by atoms with Crippen molar-refractivity contribution < 1.29 is 105 Å². The van der Waals surface area contributed by atoms with Gasteiger partial charge in [0.1, 0.15) is 40.5 Å². The van der Waals surface area contributed by atoms with Crippen LogP contribution < -0.4 is 22.1 Å². The molecule has 0 aliphatic carbocycles. The molecule has 0 bridgehead atoms. The Labute approximate surface area is 469 Å². The lowest BCUT2D eigenvalue weighted by Gasteiger charge is -2.46. The van der Waals surface area contributed by atoms with E-state index in [-0.39, 0.29) is 82.7 Å². The summed E-state index contributed by atoms with van der Waals surface area (Å²) in [5.41, 5.74) is 8.37. The van der Waals surface area contributed by atoms with Crippen molar-refractivity contribution in [2.45, 2.75) is 139 Å². The van der Waals surface area contributed by atoms with E-state index in [1.165, 1.54) is 24.3 Å². The summed E-state index contributed by atoms with van der Waals surface area (Å²) in [5.74, 6) is -2.52. The molecule has 82 heavy (non-hydrogen) atoms. The number of amides is 2. The number of aliphatic hydroxyl groups is 1. The van der Waals surface area contributed by atoms with Gasteiger partial charge in [-0.2, -0.15) is 52.7 Å². The minimum Gasteiger partial charge on any atom is -0.444 e. The molecule has 460 valence electrons. The number of thioether (sulfide) groups is 2. The third-order valence-corrected chi connectivity index (χ3v) is 14.7. The van der Waals surface area contributed by atoms with Gasteiger partial charge in [-0.1, -0.05) is 34.8 Å². The quantitative estimate of drug-likeness (QED) is 0.109. The average Bonchev–Trinajstić information content (AvgIpc) is 1.77. The number of hydrogen-bond donors (Lipinski definition) is 5. The Kier molecular flexibility index (Phi) is 21.6. The average molecular weight is 1230 g/mol. The van der Waals surface area contributed by atoms with Crippen LogP contribution in [0.5, 0.6) is 0 Å². The number of ether oxygens (including phenoxy) is 5. The van der Waals surface area contributed by atoms with Crippen LogP contribution in [-0.4, -0.2) is 132 Å². The zero-order valence-corrected chi connectivity index (χ0v) is 46.3. The third kappa shape index (κ3) is 18.3. The number of halogens is 14. The number of hydrogen-bond acceptors (Lipinski definition) is 16. The molecule has 6 heterocycles. The Morgan fingerprint density at radius 2 is 1.11 bits per heavy atom. The Morgan fingerprint density at radius 1 is 0.707 bits per heavy atom. The van der Waals surface area contributed by atoms with Crippen molar-refractivity contribution in [3.63, 3.8) is 0 Å². The summed E-state index contributed by atoms with van der Waals surface area (Å²) in [6, 6.07) is 7.70. The number of alkyl halides is 12. The highest BCUT2D eigenvalue weighted by atomic mass is 32.2. The maximum atomic E-state index is 14.7. The fourth-order valence-electron chi connectivity index (χ4n) is 8.77. The van der Waals surface area contributed by atoms with Crippen molar-refractivity contribution in [2.24, 2.45) is 32.9 Å². The van der Waals surface area contributed by atoms with Crippen LogP contribution >= 0.6 is 23.5 Å². The number of rotatable bonds is 4. The third-order valence-electron chi connectivity index (χ3n) is 12.7. The largest absolute Gasteiger partial charge is 0.444 e. The summed E-state index contributed by atoms with van der Waals surface area (Å²) in [6.07, 6.45) is -27.5. The van der Waals surface area contributed by atoms with Gasteiger partial charge >= 0.3 is 36.9 Å². The van der Waals surface area contributed by atoms with Crippen LogP contribution in [0.25, 0.3) is 0 Å². The van der Waals surface area contributed by atoms with Crippen molar-refractivity contribution in [1.82, 2.24) is 10.6 Å². The van der Waals surface area contributed by atoms with Crippen LogP contribution in [-0.2, 0) is 39.6 Å². The molecular weight excluding hydrogens is 1170 g/mol. The predicted octanol–water partition coefficient (Wildman–Crippen LogP) is 11.2. The number of nitrogens with one attached hydrogen (secondary N) is 2. The highest BCUT2D eigenvalue weighted by Crippen LogP contribution is 2.51. The number of amidine groups is 2. The van der Waals surface area contributed by atoms with Gasteiger partial charge in [-0.05, 0) is 104 Å². The summed E-state index contributed by atoms with van der Waals surface area (Å²) in [4.78, 5) is 37.9. The van der Waals surface area contributed by atoms with Gasteiger partial charge < -0.3 is 45.1 Å². The number of fused-ring (bicyclic) bond motifs is 3. The van der Waals surface area contributed by atoms with Crippen molar-refractivity contribution in [2.75, 3.05) is 49.4 Å². The molecule has 8 rings (SSSR count). The van der Waals surface area contributed by atoms with Gasteiger partial charge in [0.05, 0.1) is 25.5 Å². The highest BCUT2D eigenvalue weighted by molar-refractivity contribution is 8.14. The zero-order valence-electron chi connectivity index (χ0n) is 44.7. The summed E-state index contributed by atoms with van der Waals surface area (Å²) >= 11 is 2.16. The lowest BCUT2D eigenvalue weighted by atomic mass is 9.74. The number of nitrogens with two attached hydrogens (primary N) is 2. The first-order chi connectivity index (χ1) is 37.7. The number of carbonyl (C=O) groups excluding carboxylic acids is 2. The van der Waals surface area contributed by atoms with Crippen LogP contribution in [0.3, 0.4) is 0 Å². The molecule has 0 radical (unpaired) electrons. The SMILES string of the molecule is C=CCC(O)C(F)(F)F.CC(C)(C)OC(=O)NC1=N[C@@]2(c3cc(N)ccc3F)CO[C@@H](C(F)(F)F)C[C@H]2CS1.CC(C)(C)OC(=O)NC1=N[C@@]2(c3cc(N)ccc3F)CO[C@@H](C(F)(F)F)C[C@H]2CS1.FC(F)(F)[C@H]1C[C@H]2CON=C2CO1. The van der Waals surface area contributed by atoms with E-state index in [1.54, 1.807) is 41.5 Å². The molecule has 0 spiro atoms. The number of oxime groups is 1. The lowest BCUT2D eigenvalue weighted by molar-refractivity contribution is -0.245. The Bertz CT molecular complexity index is 2530. The van der Waals surface area contributed by atoms with Crippen LogP contribution in [0.2, 0.25) is 0 Å². The number of alkyl carbamates (subject to hydrolysis) is 2. The van der Waals surface area contributed by atoms with E-state index in [0.29, 0.717) is 5.71 Å². The van der Waals surface area contributed by atoms with Gasteiger partial charge in [-0.25, -0.2) is 28.4 Å². The number of nitrogen functional groups attached to an aromatic ring is 2. The molecular formula is C50H61F14N7O9S2. The summed E-state index contributed by atoms with van der Waals surface area (Å²) in [6.45, 7) is 12.4. The molecule has 9 atom stereocenters. The molecule has 0 aromatic heterocycles. The lowest BCUT2D eigenvalue weighted by Crippen LogP contribution is -2.54. The minimum absolute atomic E-state index is 0.0388. The second-order valence-electron chi connectivity index (χ2n) is 21.3. The fraction of sp³-hybridized carbons (Fsp3) is 0.620. The molecule has 6 aliphatic rings. The second kappa shape index (κ2) is 26.3. The number of carbonyl (C=O) groups is 2. The van der Waals surface area contributed by atoms with Crippen molar-refractivity contribution >= 4 is 63.1 Å². The van der Waals surface area contributed by atoms with Gasteiger partial charge in [0.25, 0.3) is 0 Å². The number of anilines is 2. The fourth-order valence-corrected chi connectivity index (χ4v) is 11.1. The first-order valence-electron chi connectivity index (χ1n) is 24.8. The van der Waals surface area contributed by atoms with Crippen LogP contribution in [0.4, 0.5) is 82.4 Å². The van der Waals surface area contributed by atoms with E-state index in [1.807, 2.05) is 0 Å². The summed E-state index contributed by atoms with van der Waals surface area (Å²) < 4.78 is 205. The summed E-state index contributed by atoms with van der Waals surface area (Å²) in [5, 5.41) is 17.0. The van der Waals surface area contributed by atoms with E-state index in [9.17, 15) is 71.1 Å². The van der Waals surface area contributed by atoms with Crippen LogP contribution in [0.1, 0.15) is 78.4 Å². The van der Waals surface area contributed by atoms with Gasteiger partial charge in [0.2, 0.25) is 0 Å². The van der Waals surface area contributed by atoms with E-state index < -0.39 is 127 Å². The first-order valence-corrected chi connectivity index (χ1v) is 26.8. The molecule has 2 amide bonds. The Hall–Kier alpha value is -5.31. The number of benzene rings is 2. The topological polar surface area (TPSA) is 223 Å². The molecule has 3 saturated heterocycles. The maximum Gasteiger partial charge on any atom is 0.414 e. The predicted molar refractivity (Wildman–Crippen MR) is 275 cm³/mol. The molecule has 6 aliphatic heterocycles. The minimum atomic E-state index is -4.54. The maximum absolute atomic E-state index is 14.7. The highest BCUT2D eigenvalue weighted by Gasteiger charge is 2.57. The molecule has 2 aromatic carbocycles. The van der Waals surface area contributed by atoms with Gasteiger partial charge in [0.15, 0.2) is 34.8 Å². The van der Waals surface area contributed by atoms with Gasteiger partial charge in [0, 0.05) is 51.8 Å². The number of aliphatic hydroxyl groups excluding tert-OH is 1. The van der Waals surface area contributed by atoms with E-state index in [0.717, 1.165) is 41.7 Å². The first kappa shape index (κ1) is 67.5. The number of nitrogens with zero attached hydrogens (tertiary/aromatic N) is 3. The van der Waals surface area contributed by atoms with Crippen LogP contribution in [0.15, 0.2) is 64.2 Å². The summed E-state index contributed by atoms with van der Waals surface area (Å²) in [7, 11) is 0. The Morgan fingerprint density at radius 3 is 1.46 bits per heavy atom. The molecule has 7 N–H and O–H groups in total. The van der Waals surface area contributed by atoms with Crippen molar-refractivity contribution in [3.8, 4) is 0 Å². The van der Waals surface area contributed by atoms with E-state index in [2.05, 4.69) is 37.1 Å². The van der Waals surface area contributed by atoms with E-state index >= 15 is 0 Å². The normalized spacial score (nSPS) is 26.8. The standard InChI is InChI=1S/2C19H23F4N3O3S.C7H8F3NO2.C5H7F3O/c2*1-17(2,3)29-16(27)25-15-26-18(12-7-11(24)4-5-13(12)20)9-28-14(19(21,22)23)6-10(18)8-30-15;8-7(9,10)6-1-4-2-13-11-5(4)3-12-6;1-2-3-4(9)5(6,7)8/h2*4-5,7,10,14H,6,8-9,24H2,1-3H3,(H,25,26,27);4,6H,1-3H2;2,4,9H,1,3H2/t2*10-,14+,18-;4-,6+;/m000./s1. The van der Waals surface area contributed by atoms with Crippen molar-refractivity contribution in [3.05, 3.63) is 71.8 Å².